The van der Waals surface area contributed by atoms with E-state index >= 15 is 0 Å². The van der Waals surface area contributed by atoms with E-state index in [1.54, 1.807) is 32.0 Å². The molecule has 2 amide bonds. The highest BCUT2D eigenvalue weighted by Gasteiger charge is 2.51. The zero-order chi connectivity index (χ0) is 26.8. The molecule has 1 unspecified atom stereocenters. The first-order valence-electron chi connectivity index (χ1n) is 12.1. The number of ether oxygens (including phenoxy) is 2. The van der Waals surface area contributed by atoms with Crippen LogP contribution in [0.15, 0.2) is 48.5 Å². The number of piperidine rings is 1. The van der Waals surface area contributed by atoms with E-state index in [4.69, 9.17) is 14.7 Å². The van der Waals surface area contributed by atoms with Gasteiger partial charge in [-0.3, -0.25) is 10.1 Å². The van der Waals surface area contributed by atoms with Crippen molar-refractivity contribution < 1.29 is 24.2 Å². The lowest BCUT2D eigenvalue weighted by Gasteiger charge is -2.44. The molecule has 2 fully saturated rings. The fourth-order valence-electron chi connectivity index (χ4n) is 4.64. The molecule has 2 saturated heterocycles. The van der Waals surface area contributed by atoms with Crippen LogP contribution in [0.4, 0.5) is 4.79 Å². The third-order valence-electron chi connectivity index (χ3n) is 6.69. The summed E-state index contributed by atoms with van der Waals surface area (Å²) < 4.78 is 9.92. The lowest BCUT2D eigenvalue weighted by molar-refractivity contribution is -0.134. The number of methoxy groups -OCH3 is 2. The van der Waals surface area contributed by atoms with Crippen LogP contribution in [0.25, 0.3) is 0 Å². The summed E-state index contributed by atoms with van der Waals surface area (Å²) >= 11 is 1.71. The molecular weight excluding hydrogens is 492 g/mol. The van der Waals surface area contributed by atoms with Crippen LogP contribution < -0.4 is 14.8 Å². The average Bonchev–Trinajstić information content (AvgIpc) is 3.18. The van der Waals surface area contributed by atoms with Gasteiger partial charge in [-0.15, -0.1) is 0 Å². The molecule has 1 spiro atoms. The lowest BCUT2D eigenvalue weighted by atomic mass is 9.95. The fraction of sp³-hybridized carbons (Fsp3) is 0.444. The summed E-state index contributed by atoms with van der Waals surface area (Å²) in [7, 11) is 3.28. The van der Waals surface area contributed by atoms with Crippen molar-refractivity contribution in [3.8, 4) is 17.6 Å². The Balaban J connectivity index is 0.000000319. The van der Waals surface area contributed by atoms with Crippen molar-refractivity contribution in [2.75, 3.05) is 39.3 Å². The number of nitriles is 1. The summed E-state index contributed by atoms with van der Waals surface area (Å²) in [6, 6.07) is 16.6. The number of likely N-dealkylation sites (tertiary alicyclic amines) is 1. The Morgan fingerprint density at radius 3 is 2.30 bits per heavy atom. The predicted molar refractivity (Wildman–Crippen MR) is 143 cm³/mol. The Bertz CT molecular complexity index is 1070. The first kappa shape index (κ1) is 28.2. The van der Waals surface area contributed by atoms with Gasteiger partial charge in [0, 0.05) is 32.5 Å². The number of nitrogens with zero attached hydrogens (tertiary/aromatic N) is 3. The van der Waals surface area contributed by atoms with Gasteiger partial charge < -0.3 is 24.4 Å². The maximum Gasteiger partial charge on any atom is 0.407 e. The molecule has 2 aliphatic rings. The quantitative estimate of drug-likeness (QED) is 0.560. The summed E-state index contributed by atoms with van der Waals surface area (Å²) in [5.41, 5.74) is 0.963. The molecule has 2 aromatic rings. The van der Waals surface area contributed by atoms with E-state index in [0.29, 0.717) is 38.0 Å². The van der Waals surface area contributed by atoms with Crippen molar-refractivity contribution in [1.29, 1.82) is 5.26 Å². The van der Waals surface area contributed by atoms with Crippen LogP contribution in [0.5, 0.6) is 11.5 Å². The molecule has 0 aliphatic carbocycles. The van der Waals surface area contributed by atoms with Gasteiger partial charge in [0.25, 0.3) is 0 Å². The second kappa shape index (κ2) is 13.2. The monoisotopic (exact) mass is 526 g/mol. The van der Waals surface area contributed by atoms with Gasteiger partial charge in [-0.2, -0.15) is 17.0 Å². The molecule has 37 heavy (non-hydrogen) atoms. The Kier molecular flexibility index (Phi) is 10.1. The maximum absolute atomic E-state index is 13.1. The number of hydrogen-bond donors (Lipinski definition) is 2. The fourth-order valence-corrected chi connectivity index (χ4v) is 5.11. The van der Waals surface area contributed by atoms with Crippen LogP contribution in [-0.4, -0.2) is 77.9 Å². The van der Waals surface area contributed by atoms with Crippen molar-refractivity contribution >= 4 is 23.8 Å². The van der Waals surface area contributed by atoms with Gasteiger partial charge in [-0.25, -0.2) is 4.79 Å². The van der Waals surface area contributed by atoms with Gasteiger partial charge in [0.15, 0.2) is 0 Å². The van der Waals surface area contributed by atoms with E-state index in [0.717, 1.165) is 29.2 Å². The minimum Gasteiger partial charge on any atom is -0.497 e. The zero-order valence-corrected chi connectivity index (χ0v) is 22.3. The first-order chi connectivity index (χ1) is 17.9. The van der Waals surface area contributed by atoms with Gasteiger partial charge in [0.05, 0.1) is 37.6 Å². The summed E-state index contributed by atoms with van der Waals surface area (Å²) in [5.74, 6) is 2.65. The largest absolute Gasteiger partial charge is 0.497 e. The number of hydrogen-bond acceptors (Lipinski definition) is 7. The minimum absolute atomic E-state index is 0.0650. The molecule has 4 rings (SSSR count). The van der Waals surface area contributed by atoms with Gasteiger partial charge >= 0.3 is 6.09 Å². The molecule has 2 N–H and O–H groups in total. The van der Waals surface area contributed by atoms with Crippen molar-refractivity contribution in [3.05, 3.63) is 59.7 Å². The molecule has 0 aromatic heterocycles. The summed E-state index contributed by atoms with van der Waals surface area (Å²) in [6.45, 7) is 1.23. The molecule has 2 aromatic carbocycles. The number of carbonyl (C=O) groups excluding carboxylic acids is 1. The molecule has 0 radical (unpaired) electrons. The summed E-state index contributed by atoms with van der Waals surface area (Å²) in [6.07, 6.45) is 2.99. The molecule has 1 atom stereocenters. The van der Waals surface area contributed by atoms with E-state index in [1.165, 1.54) is 4.90 Å². The number of nitrogens with one attached hydrogen (secondary N) is 1. The van der Waals surface area contributed by atoms with Crippen molar-refractivity contribution in [3.63, 3.8) is 0 Å². The van der Waals surface area contributed by atoms with Crippen LogP contribution in [0, 0.1) is 11.3 Å². The van der Waals surface area contributed by atoms with Gasteiger partial charge in [0.1, 0.15) is 11.5 Å². The van der Waals surface area contributed by atoms with E-state index in [-0.39, 0.29) is 11.9 Å². The summed E-state index contributed by atoms with van der Waals surface area (Å²) in [5, 5.41) is 21.9. The average molecular weight is 527 g/mol. The van der Waals surface area contributed by atoms with Crippen LogP contribution >= 0.6 is 11.8 Å². The number of thioether (sulfide) groups is 1. The first-order valence-corrected chi connectivity index (χ1v) is 13.5. The Morgan fingerprint density at radius 2 is 1.78 bits per heavy atom. The van der Waals surface area contributed by atoms with Crippen molar-refractivity contribution in [1.82, 2.24) is 15.1 Å². The predicted octanol–water partition coefficient (Wildman–Crippen LogP) is 3.79. The number of carbonyl (C=O) groups is 2. The SMILES string of the molecule is COc1ccc(OC)cc1.CSCCC1NC2(CCN(C(=O)O)CC2)N(Cc2cccc(C#N)c2)C1=O. The molecule has 198 valence electrons. The number of carboxylic acid groups (broad SMARTS) is 1. The Hall–Kier alpha value is -3.42. The smallest absolute Gasteiger partial charge is 0.407 e. The molecule has 9 nitrogen and oxygen atoms in total. The molecule has 2 aliphatic heterocycles. The van der Waals surface area contributed by atoms with Crippen LogP contribution in [0.2, 0.25) is 0 Å². The van der Waals surface area contributed by atoms with E-state index < -0.39 is 11.8 Å². The zero-order valence-electron chi connectivity index (χ0n) is 21.5. The summed E-state index contributed by atoms with van der Waals surface area (Å²) in [4.78, 5) is 27.7. The topological polar surface area (TPSA) is 115 Å². The number of benzene rings is 2. The molecule has 0 bridgehead atoms. The maximum atomic E-state index is 13.1. The van der Waals surface area contributed by atoms with Gasteiger partial charge in [-0.1, -0.05) is 12.1 Å². The second-order valence-corrected chi connectivity index (χ2v) is 9.88. The molecule has 2 heterocycles. The number of amides is 2. The standard InChI is InChI=1S/C19H24N4O3S.C8H10O2/c1-27-10-5-16-17(24)23(13-15-4-2-3-14(11-15)12-20)19(21-16)6-8-22(9-7-19)18(25)26;1-9-7-3-5-8(10-2)6-4-7/h2-4,11,16,21H,5-10,13H2,1H3,(H,25,26);3-6H,1-2H3. The van der Waals surface area contributed by atoms with Crippen LogP contribution in [-0.2, 0) is 11.3 Å². The number of rotatable bonds is 7. The van der Waals surface area contributed by atoms with E-state index in [2.05, 4.69) is 11.4 Å². The van der Waals surface area contributed by atoms with Crippen LogP contribution in [0.1, 0.15) is 30.4 Å². The third-order valence-corrected chi connectivity index (χ3v) is 7.33. The highest BCUT2D eigenvalue weighted by atomic mass is 32.2. The Labute approximate surface area is 222 Å². The highest BCUT2D eigenvalue weighted by molar-refractivity contribution is 7.98. The second-order valence-electron chi connectivity index (χ2n) is 8.90. The third kappa shape index (κ3) is 7.08. The minimum atomic E-state index is -0.915. The van der Waals surface area contributed by atoms with Crippen LogP contribution in [0.3, 0.4) is 0 Å². The molecular formula is C27H34N4O5S. The van der Waals surface area contributed by atoms with E-state index in [9.17, 15) is 14.7 Å². The van der Waals surface area contributed by atoms with E-state index in [1.807, 2.05) is 53.6 Å². The normalized spacial score (nSPS) is 18.1. The Morgan fingerprint density at radius 1 is 1.16 bits per heavy atom. The molecule has 10 heteroatoms. The van der Waals surface area contributed by atoms with Crippen molar-refractivity contribution in [2.45, 2.75) is 37.5 Å². The lowest BCUT2D eigenvalue weighted by Crippen LogP contribution is -2.59. The van der Waals surface area contributed by atoms with Gasteiger partial charge in [0.2, 0.25) is 5.91 Å². The molecule has 0 saturated carbocycles. The highest BCUT2D eigenvalue weighted by Crippen LogP contribution is 2.35. The van der Waals surface area contributed by atoms with Crippen molar-refractivity contribution in [2.24, 2.45) is 0 Å². The van der Waals surface area contributed by atoms with Gasteiger partial charge in [-0.05, 0) is 60.4 Å².